The number of para-hydroxylation sites is 1. The zero-order chi connectivity index (χ0) is 18.4. The number of piperazine rings is 1. The molecule has 144 valence electrons. The molecule has 0 aliphatic carbocycles. The molecule has 0 spiro atoms. The molecule has 1 atom stereocenters. The Bertz CT molecular complexity index is 587. The lowest BCUT2D eigenvalue weighted by Gasteiger charge is -2.37. The van der Waals surface area contributed by atoms with Crippen molar-refractivity contribution in [3.8, 4) is 5.75 Å². The molecule has 2 aliphatic heterocycles. The van der Waals surface area contributed by atoms with E-state index in [1.807, 2.05) is 23.1 Å². The molecule has 2 fully saturated rings. The lowest BCUT2D eigenvalue weighted by atomic mass is 10.1. The van der Waals surface area contributed by atoms with Crippen molar-refractivity contribution in [2.75, 3.05) is 52.9 Å². The number of hydrogen-bond donors (Lipinski definition) is 1. The van der Waals surface area contributed by atoms with E-state index in [0.717, 1.165) is 64.5 Å². The van der Waals surface area contributed by atoms with Crippen molar-refractivity contribution in [3.63, 3.8) is 0 Å². The van der Waals surface area contributed by atoms with E-state index in [4.69, 9.17) is 4.74 Å². The highest BCUT2D eigenvalue weighted by molar-refractivity contribution is 5.74. The van der Waals surface area contributed by atoms with E-state index in [2.05, 4.69) is 28.1 Å². The summed E-state index contributed by atoms with van der Waals surface area (Å²) in [6, 6.07) is 8.55. The summed E-state index contributed by atoms with van der Waals surface area (Å²) in [5.41, 5.74) is 1.20. The fraction of sp³-hybridized carbons (Fsp3) is 0.650. The van der Waals surface area contributed by atoms with Crippen molar-refractivity contribution >= 4 is 6.03 Å². The summed E-state index contributed by atoms with van der Waals surface area (Å²) >= 11 is 0. The van der Waals surface area contributed by atoms with E-state index in [9.17, 15) is 4.79 Å². The topological polar surface area (TPSA) is 48.1 Å². The maximum atomic E-state index is 12.6. The van der Waals surface area contributed by atoms with E-state index in [0.29, 0.717) is 6.04 Å². The molecule has 2 saturated heterocycles. The number of likely N-dealkylation sites (N-methyl/N-ethyl adjacent to an activating group) is 1. The van der Waals surface area contributed by atoms with Gasteiger partial charge in [-0.3, -0.25) is 4.90 Å². The van der Waals surface area contributed by atoms with Gasteiger partial charge in [-0.1, -0.05) is 25.1 Å². The number of benzene rings is 1. The molecule has 2 amide bonds. The Morgan fingerprint density at radius 1 is 1.15 bits per heavy atom. The molecule has 6 heteroatoms. The molecule has 1 aromatic rings. The van der Waals surface area contributed by atoms with Gasteiger partial charge in [0, 0.05) is 50.9 Å². The van der Waals surface area contributed by atoms with Gasteiger partial charge in [0.05, 0.1) is 7.11 Å². The number of amides is 2. The number of piperidine rings is 1. The lowest BCUT2D eigenvalue weighted by Crippen LogP contribution is -2.55. The van der Waals surface area contributed by atoms with E-state index >= 15 is 0 Å². The van der Waals surface area contributed by atoms with Crippen molar-refractivity contribution in [1.82, 2.24) is 20.0 Å². The first-order valence-corrected chi connectivity index (χ1v) is 9.81. The standard InChI is InChI=1S/C20H32N4O2/c1-3-22-10-6-8-18(16-22)21-20(25)24-13-11-23(12-14-24)15-17-7-4-5-9-19(17)26-2/h4-5,7,9,18H,3,6,8,10-16H2,1-2H3,(H,21,25)/t18-/m1/s1. The zero-order valence-electron chi connectivity index (χ0n) is 16.1. The number of urea groups is 1. The Balaban J connectivity index is 1.45. The van der Waals surface area contributed by atoms with Gasteiger partial charge in [-0.2, -0.15) is 0 Å². The first-order valence-electron chi connectivity index (χ1n) is 9.81. The summed E-state index contributed by atoms with van der Waals surface area (Å²) in [7, 11) is 1.71. The van der Waals surface area contributed by atoms with Crippen LogP contribution in [0, 0.1) is 0 Å². The Kier molecular flexibility index (Phi) is 6.74. The second kappa shape index (κ2) is 9.24. The van der Waals surface area contributed by atoms with Crippen LogP contribution in [0.15, 0.2) is 24.3 Å². The first kappa shape index (κ1) is 19.0. The molecule has 2 aliphatic rings. The first-order chi connectivity index (χ1) is 12.7. The highest BCUT2D eigenvalue weighted by Gasteiger charge is 2.25. The normalized spacial score (nSPS) is 22.2. The van der Waals surface area contributed by atoms with Crippen LogP contribution < -0.4 is 10.1 Å². The molecule has 0 bridgehead atoms. The quantitative estimate of drug-likeness (QED) is 0.873. The molecule has 0 unspecified atom stereocenters. The number of nitrogens with zero attached hydrogens (tertiary/aromatic N) is 3. The minimum Gasteiger partial charge on any atom is -0.496 e. The predicted octanol–water partition coefficient (Wildman–Crippen LogP) is 2.01. The fourth-order valence-corrected chi connectivity index (χ4v) is 3.91. The molecule has 0 saturated carbocycles. The highest BCUT2D eigenvalue weighted by atomic mass is 16.5. The molecule has 1 N–H and O–H groups in total. The van der Waals surface area contributed by atoms with Crippen LogP contribution in [0.25, 0.3) is 0 Å². The molecule has 3 rings (SSSR count). The third-order valence-corrected chi connectivity index (χ3v) is 5.53. The van der Waals surface area contributed by atoms with Gasteiger partial charge < -0.3 is 19.9 Å². The number of rotatable bonds is 5. The highest BCUT2D eigenvalue weighted by Crippen LogP contribution is 2.20. The number of carbonyl (C=O) groups is 1. The number of hydrogen-bond acceptors (Lipinski definition) is 4. The minimum absolute atomic E-state index is 0.102. The molecule has 26 heavy (non-hydrogen) atoms. The van der Waals surface area contributed by atoms with Crippen LogP contribution in [-0.2, 0) is 6.54 Å². The average Bonchev–Trinajstić information content (AvgIpc) is 2.69. The van der Waals surface area contributed by atoms with Crippen LogP contribution >= 0.6 is 0 Å². The Hall–Kier alpha value is -1.79. The molecule has 0 radical (unpaired) electrons. The molecule has 2 heterocycles. The van der Waals surface area contributed by atoms with Gasteiger partial charge in [0.2, 0.25) is 0 Å². The summed E-state index contributed by atoms with van der Waals surface area (Å²) in [6.07, 6.45) is 2.27. The van der Waals surface area contributed by atoms with Gasteiger partial charge in [-0.25, -0.2) is 4.79 Å². The summed E-state index contributed by atoms with van der Waals surface area (Å²) in [5.74, 6) is 0.936. The van der Waals surface area contributed by atoms with Crippen molar-refractivity contribution < 1.29 is 9.53 Å². The maximum absolute atomic E-state index is 12.6. The van der Waals surface area contributed by atoms with Crippen molar-refractivity contribution in [2.24, 2.45) is 0 Å². The summed E-state index contributed by atoms with van der Waals surface area (Å²) < 4.78 is 5.44. The number of carbonyl (C=O) groups excluding carboxylic acids is 1. The smallest absolute Gasteiger partial charge is 0.317 e. The summed E-state index contributed by atoms with van der Waals surface area (Å²) in [5, 5.41) is 3.24. The molecular formula is C20H32N4O2. The third-order valence-electron chi connectivity index (χ3n) is 5.53. The fourth-order valence-electron chi connectivity index (χ4n) is 3.91. The van der Waals surface area contributed by atoms with Crippen molar-refractivity contribution in [3.05, 3.63) is 29.8 Å². The SMILES string of the molecule is CCN1CCC[C@@H](NC(=O)N2CCN(Cc3ccccc3OC)CC2)C1. The maximum Gasteiger partial charge on any atom is 0.317 e. The van der Waals surface area contributed by atoms with E-state index in [1.54, 1.807) is 7.11 Å². The van der Waals surface area contributed by atoms with Gasteiger partial charge in [0.25, 0.3) is 0 Å². The van der Waals surface area contributed by atoms with Gasteiger partial charge in [0.1, 0.15) is 5.75 Å². The van der Waals surface area contributed by atoms with Crippen LogP contribution in [0.4, 0.5) is 4.79 Å². The minimum atomic E-state index is 0.102. The largest absolute Gasteiger partial charge is 0.496 e. The van der Waals surface area contributed by atoms with Crippen LogP contribution in [0.5, 0.6) is 5.75 Å². The monoisotopic (exact) mass is 360 g/mol. The Morgan fingerprint density at radius 3 is 2.65 bits per heavy atom. The van der Waals surface area contributed by atoms with E-state index in [-0.39, 0.29) is 6.03 Å². The number of methoxy groups -OCH3 is 1. The van der Waals surface area contributed by atoms with Gasteiger partial charge in [-0.15, -0.1) is 0 Å². The van der Waals surface area contributed by atoms with Crippen LogP contribution in [0.2, 0.25) is 0 Å². The Labute approximate surface area is 157 Å². The van der Waals surface area contributed by atoms with Gasteiger partial charge in [-0.05, 0) is 32.0 Å². The summed E-state index contributed by atoms with van der Waals surface area (Å²) in [4.78, 5) is 19.4. The van der Waals surface area contributed by atoms with Gasteiger partial charge >= 0.3 is 6.03 Å². The molecule has 1 aromatic carbocycles. The predicted molar refractivity (Wildman–Crippen MR) is 104 cm³/mol. The van der Waals surface area contributed by atoms with E-state index < -0.39 is 0 Å². The van der Waals surface area contributed by atoms with Crippen LogP contribution in [-0.4, -0.2) is 79.7 Å². The van der Waals surface area contributed by atoms with Crippen LogP contribution in [0.3, 0.4) is 0 Å². The van der Waals surface area contributed by atoms with E-state index in [1.165, 1.54) is 12.0 Å². The van der Waals surface area contributed by atoms with Gasteiger partial charge in [0.15, 0.2) is 0 Å². The van der Waals surface area contributed by atoms with Crippen LogP contribution in [0.1, 0.15) is 25.3 Å². The van der Waals surface area contributed by atoms with Crippen molar-refractivity contribution in [1.29, 1.82) is 0 Å². The number of likely N-dealkylation sites (tertiary alicyclic amines) is 1. The number of ether oxygens (including phenoxy) is 1. The second-order valence-corrected chi connectivity index (χ2v) is 7.26. The second-order valence-electron chi connectivity index (χ2n) is 7.26. The van der Waals surface area contributed by atoms with Crippen molar-refractivity contribution in [2.45, 2.75) is 32.4 Å². The summed E-state index contributed by atoms with van der Waals surface area (Å²) in [6.45, 7) is 9.62. The zero-order valence-corrected chi connectivity index (χ0v) is 16.1. The average molecular weight is 361 g/mol. The Morgan fingerprint density at radius 2 is 1.92 bits per heavy atom. The number of nitrogens with one attached hydrogen (secondary N) is 1. The molecular weight excluding hydrogens is 328 g/mol. The third kappa shape index (κ3) is 4.89. The molecule has 6 nitrogen and oxygen atoms in total. The lowest BCUT2D eigenvalue weighted by molar-refractivity contribution is 0.126. The molecule has 0 aromatic heterocycles.